The van der Waals surface area contributed by atoms with Crippen LogP contribution in [-0.4, -0.2) is 107 Å². The zero-order chi connectivity index (χ0) is 45.1. The molecule has 0 radical (unpaired) electrons. The van der Waals surface area contributed by atoms with E-state index in [4.69, 9.17) is 9.47 Å². The van der Waals surface area contributed by atoms with Crippen molar-refractivity contribution >= 4 is 28.7 Å². The summed E-state index contributed by atoms with van der Waals surface area (Å²) in [6, 6.07) is 40.6. The van der Waals surface area contributed by atoms with Crippen LogP contribution in [0, 0.1) is 5.92 Å². The Hall–Kier alpha value is -6.80. The summed E-state index contributed by atoms with van der Waals surface area (Å²) in [6.45, 7) is 5.23. The fourth-order valence-corrected chi connectivity index (χ4v) is 8.69. The first-order valence-electron chi connectivity index (χ1n) is 22.3. The molecule has 2 atom stereocenters. The van der Waals surface area contributed by atoms with Gasteiger partial charge in [0.1, 0.15) is 17.4 Å². The van der Waals surface area contributed by atoms with Gasteiger partial charge < -0.3 is 39.8 Å². The number of rotatable bonds is 16. The third-order valence-corrected chi connectivity index (χ3v) is 12.4. The minimum Gasteiger partial charge on any atom is -0.506 e. The zero-order valence-corrected chi connectivity index (χ0v) is 36.3. The van der Waals surface area contributed by atoms with Crippen molar-refractivity contribution in [2.75, 3.05) is 59.0 Å². The zero-order valence-electron chi connectivity index (χ0n) is 36.3. The summed E-state index contributed by atoms with van der Waals surface area (Å²) >= 11 is 0. The largest absolute Gasteiger partial charge is 0.506 e. The lowest BCUT2D eigenvalue weighted by molar-refractivity contribution is -0.146. The summed E-state index contributed by atoms with van der Waals surface area (Å²) < 4.78 is 12.0. The number of fused-ring (bicyclic) bond motifs is 1. The van der Waals surface area contributed by atoms with Crippen molar-refractivity contribution in [3.05, 3.63) is 177 Å². The van der Waals surface area contributed by atoms with Gasteiger partial charge in [0.25, 0.3) is 11.8 Å². The number of phenolic OH excluding ortho intramolecular Hbond substituents is 1. The Bertz CT molecular complexity index is 2610. The van der Waals surface area contributed by atoms with Gasteiger partial charge in [-0.2, -0.15) is 0 Å². The van der Waals surface area contributed by atoms with Crippen LogP contribution < -0.4 is 15.6 Å². The predicted octanol–water partition coefficient (Wildman–Crippen LogP) is 6.01. The number of esters is 1. The van der Waals surface area contributed by atoms with Crippen molar-refractivity contribution in [3.8, 4) is 11.5 Å². The monoisotopic (exact) mass is 877 g/mol. The maximum absolute atomic E-state index is 13.8. The van der Waals surface area contributed by atoms with Crippen LogP contribution in [0.25, 0.3) is 10.9 Å². The Labute approximate surface area is 378 Å². The van der Waals surface area contributed by atoms with E-state index >= 15 is 0 Å². The van der Waals surface area contributed by atoms with Crippen molar-refractivity contribution in [1.82, 2.24) is 25.0 Å². The normalized spacial score (nSPS) is 15.6. The van der Waals surface area contributed by atoms with Crippen LogP contribution in [0.3, 0.4) is 0 Å². The Balaban J connectivity index is 0.783. The van der Waals surface area contributed by atoms with Gasteiger partial charge in [0.05, 0.1) is 18.2 Å². The minimum absolute atomic E-state index is 0.0674. The second kappa shape index (κ2) is 21.3. The molecule has 1 aromatic heterocycles. The molecule has 13 nitrogen and oxygen atoms in total. The smallest absolute Gasteiger partial charge is 0.317 e. The molecule has 2 aliphatic rings. The molecule has 65 heavy (non-hydrogen) atoms. The second-order valence-corrected chi connectivity index (χ2v) is 16.8. The number of piperidine rings is 1. The molecule has 0 saturated carbocycles. The van der Waals surface area contributed by atoms with Crippen LogP contribution in [0.1, 0.15) is 63.0 Å². The summed E-state index contributed by atoms with van der Waals surface area (Å²) in [4.78, 5) is 60.8. The third kappa shape index (κ3) is 11.5. The van der Waals surface area contributed by atoms with Gasteiger partial charge in [-0.1, -0.05) is 91.0 Å². The van der Waals surface area contributed by atoms with Gasteiger partial charge in [0.2, 0.25) is 5.56 Å². The number of aromatic amines is 1. The van der Waals surface area contributed by atoms with Crippen LogP contribution in [0.15, 0.2) is 138 Å². The molecule has 3 heterocycles. The van der Waals surface area contributed by atoms with Gasteiger partial charge >= 0.3 is 5.97 Å². The number of H-pyrrole nitrogens is 1. The van der Waals surface area contributed by atoms with E-state index in [-0.39, 0.29) is 47.8 Å². The van der Waals surface area contributed by atoms with Crippen molar-refractivity contribution in [2.45, 2.75) is 38.0 Å². The molecule has 13 heteroatoms. The minimum atomic E-state index is -0.890. The second-order valence-electron chi connectivity index (χ2n) is 16.8. The highest BCUT2D eigenvalue weighted by Gasteiger charge is 2.29. The predicted molar refractivity (Wildman–Crippen MR) is 247 cm³/mol. The van der Waals surface area contributed by atoms with E-state index in [9.17, 15) is 29.4 Å². The van der Waals surface area contributed by atoms with Crippen LogP contribution in [0.5, 0.6) is 11.5 Å². The Morgan fingerprint density at radius 3 is 2.17 bits per heavy atom. The van der Waals surface area contributed by atoms with E-state index < -0.39 is 12.0 Å². The summed E-state index contributed by atoms with van der Waals surface area (Å²) in [6.07, 6.45) is 1.05. The molecule has 0 bridgehead atoms. The number of likely N-dealkylation sites (tertiary alicyclic amines) is 1. The van der Waals surface area contributed by atoms with E-state index in [0.29, 0.717) is 67.5 Å². The number of aromatic hydroxyl groups is 1. The summed E-state index contributed by atoms with van der Waals surface area (Å²) in [7, 11) is 0. The number of aromatic nitrogens is 1. The van der Waals surface area contributed by atoms with Crippen LogP contribution in [0.4, 0.5) is 0 Å². The van der Waals surface area contributed by atoms with E-state index in [0.717, 1.165) is 49.2 Å². The Morgan fingerprint density at radius 1 is 0.738 bits per heavy atom. The summed E-state index contributed by atoms with van der Waals surface area (Å²) in [5, 5.41) is 24.8. The lowest BCUT2D eigenvalue weighted by Gasteiger charge is -2.34. The van der Waals surface area contributed by atoms with Crippen LogP contribution in [-0.2, 0) is 27.4 Å². The van der Waals surface area contributed by atoms with E-state index in [1.54, 1.807) is 46.2 Å². The van der Waals surface area contributed by atoms with Crippen molar-refractivity contribution < 1.29 is 34.1 Å². The average Bonchev–Trinajstić information content (AvgIpc) is 3.34. The number of hydrogen-bond donors (Lipinski definition) is 4. The SMILES string of the molecule is O=C(OCC1CCN(Cc2ccccc2)CC1)C(c1ccccc1)c1cccc(OCC(=O)N2CCN(C(=O)c3ccc(CNCC(O)c4ccc(O)c5[nH]c(=O)ccc45)cc3)CC2)c1. The van der Waals surface area contributed by atoms with Gasteiger partial charge in [0.15, 0.2) is 6.61 Å². The van der Waals surface area contributed by atoms with Gasteiger partial charge in [0, 0.05) is 62.8 Å². The highest BCUT2D eigenvalue weighted by Crippen LogP contribution is 2.31. The molecule has 5 aromatic carbocycles. The number of pyridine rings is 1. The molecule has 0 spiro atoms. The van der Waals surface area contributed by atoms with Crippen molar-refractivity contribution in [2.24, 2.45) is 5.92 Å². The number of piperazine rings is 1. The summed E-state index contributed by atoms with van der Waals surface area (Å²) in [5.74, 6) is -0.562. The highest BCUT2D eigenvalue weighted by molar-refractivity contribution is 5.94. The van der Waals surface area contributed by atoms with Gasteiger partial charge in [-0.15, -0.1) is 0 Å². The first-order chi connectivity index (χ1) is 31.7. The average molecular weight is 878 g/mol. The van der Waals surface area contributed by atoms with E-state index in [1.807, 2.05) is 60.7 Å². The first kappa shape index (κ1) is 44.8. The molecule has 2 aliphatic heterocycles. The van der Waals surface area contributed by atoms with Gasteiger partial charge in [-0.05, 0) is 96.1 Å². The van der Waals surface area contributed by atoms with E-state index in [2.05, 4.69) is 39.5 Å². The topological polar surface area (TPSA) is 165 Å². The Morgan fingerprint density at radius 2 is 1.43 bits per heavy atom. The molecule has 2 saturated heterocycles. The van der Waals surface area contributed by atoms with Crippen molar-refractivity contribution in [3.63, 3.8) is 0 Å². The highest BCUT2D eigenvalue weighted by atomic mass is 16.5. The number of aliphatic hydroxyl groups excluding tert-OH is 1. The molecule has 8 rings (SSSR count). The standard InChI is InChI=1S/C52H55N5O8/c58-45-20-18-43(44-19-21-47(60)54-50(44)45)46(59)32-53-31-36-14-16-40(17-15-36)51(62)57-28-26-56(27-29-57)48(61)35-64-42-13-7-12-41(30-42)49(39-10-5-2-6-11-39)52(63)65-34-38-22-24-55(25-23-38)33-37-8-3-1-4-9-37/h1-21,30,38,46,49,53,58-59H,22-29,31-35H2,(H,54,60). The third-order valence-electron chi connectivity index (χ3n) is 12.4. The molecule has 4 N–H and O–H groups in total. The fourth-order valence-electron chi connectivity index (χ4n) is 8.69. The number of nitrogens with zero attached hydrogens (tertiary/aromatic N) is 3. The lowest BCUT2D eigenvalue weighted by atomic mass is 9.91. The summed E-state index contributed by atoms with van der Waals surface area (Å²) in [5.41, 5.74) is 4.82. The van der Waals surface area contributed by atoms with E-state index in [1.165, 1.54) is 17.7 Å². The number of amides is 2. The van der Waals surface area contributed by atoms with Gasteiger partial charge in [-0.25, -0.2) is 0 Å². The molecule has 2 unspecified atom stereocenters. The fraction of sp³-hybridized carbons (Fsp3) is 0.308. The number of aliphatic hydroxyl groups is 1. The van der Waals surface area contributed by atoms with Gasteiger partial charge in [-0.3, -0.25) is 24.1 Å². The number of ether oxygens (including phenoxy) is 2. The maximum atomic E-state index is 13.8. The number of nitrogens with one attached hydrogen (secondary N) is 2. The number of carbonyl (C=O) groups is 3. The molecule has 336 valence electrons. The van der Waals surface area contributed by atoms with Crippen LogP contribution >= 0.6 is 0 Å². The molecule has 2 amide bonds. The molecular weight excluding hydrogens is 823 g/mol. The number of hydrogen-bond acceptors (Lipinski definition) is 10. The Kier molecular flexibility index (Phi) is 14.6. The molecule has 0 aliphatic carbocycles. The number of carbonyl (C=O) groups excluding carboxylic acids is 3. The first-order valence-corrected chi connectivity index (χ1v) is 22.3. The number of benzene rings is 5. The molecule has 2 fully saturated rings. The number of phenols is 1. The van der Waals surface area contributed by atoms with Crippen LogP contribution in [0.2, 0.25) is 0 Å². The lowest BCUT2D eigenvalue weighted by Crippen LogP contribution is -2.51. The maximum Gasteiger partial charge on any atom is 0.317 e. The van der Waals surface area contributed by atoms with Crippen molar-refractivity contribution in [1.29, 1.82) is 0 Å². The molecular formula is C52H55N5O8. The molecule has 6 aromatic rings. The quantitative estimate of drug-likeness (QED) is 0.0848.